The summed E-state index contributed by atoms with van der Waals surface area (Å²) in [7, 11) is 0. The summed E-state index contributed by atoms with van der Waals surface area (Å²) >= 11 is 1.36. The molecule has 0 saturated heterocycles. The minimum Gasteiger partial charge on any atom is -0.317 e. The van der Waals surface area contributed by atoms with E-state index in [1.165, 1.54) is 16.9 Å². The molecule has 4 nitrogen and oxygen atoms in total. The van der Waals surface area contributed by atoms with Crippen molar-refractivity contribution < 1.29 is 10.0 Å². The van der Waals surface area contributed by atoms with Crippen LogP contribution in [0.3, 0.4) is 0 Å². The average molecular weight is 334 g/mol. The summed E-state index contributed by atoms with van der Waals surface area (Å²) in [6.45, 7) is 10.0. The van der Waals surface area contributed by atoms with Gasteiger partial charge in [0.15, 0.2) is 0 Å². The van der Waals surface area contributed by atoms with Crippen molar-refractivity contribution in [2.45, 2.75) is 33.1 Å². The standard InChI is InChI=1S/C18H26N2O2S/c1-4-7-15(9-8-14(5-2)12-13-19-6-3)16-10-11-17(23-16)18(21)20-22/h4,7-8,10-11,19,22H,1,5-6,9,12-13H2,2-3H3,(H,20,21)/b14-8+,15-7+. The summed E-state index contributed by atoms with van der Waals surface area (Å²) < 4.78 is 0. The van der Waals surface area contributed by atoms with E-state index < -0.39 is 5.91 Å². The summed E-state index contributed by atoms with van der Waals surface area (Å²) in [5, 5.41) is 12.1. The summed E-state index contributed by atoms with van der Waals surface area (Å²) in [4.78, 5) is 13.0. The second-order valence-corrected chi connectivity index (χ2v) is 6.14. The summed E-state index contributed by atoms with van der Waals surface area (Å²) in [5.41, 5.74) is 4.21. The first-order valence-electron chi connectivity index (χ1n) is 7.91. The van der Waals surface area contributed by atoms with Gasteiger partial charge >= 0.3 is 0 Å². The number of hydrogen-bond acceptors (Lipinski definition) is 4. The van der Waals surface area contributed by atoms with Crippen LogP contribution in [0.2, 0.25) is 0 Å². The Hall–Kier alpha value is -1.69. The highest BCUT2D eigenvalue weighted by Gasteiger charge is 2.10. The molecule has 0 saturated carbocycles. The first kappa shape index (κ1) is 19.4. The van der Waals surface area contributed by atoms with Gasteiger partial charge in [-0.15, -0.1) is 11.3 Å². The molecule has 0 unspecified atom stereocenters. The van der Waals surface area contributed by atoms with Gasteiger partial charge in [-0.2, -0.15) is 0 Å². The lowest BCUT2D eigenvalue weighted by Crippen LogP contribution is -2.16. The predicted octanol–water partition coefficient (Wildman–Crippen LogP) is 4.16. The Morgan fingerprint density at radius 2 is 2.09 bits per heavy atom. The van der Waals surface area contributed by atoms with Crippen molar-refractivity contribution in [1.82, 2.24) is 10.8 Å². The van der Waals surface area contributed by atoms with Crippen molar-refractivity contribution in [1.29, 1.82) is 0 Å². The molecule has 0 atom stereocenters. The topological polar surface area (TPSA) is 61.4 Å². The number of carbonyl (C=O) groups excluding carboxylic acids is 1. The third-order valence-corrected chi connectivity index (χ3v) is 4.66. The Morgan fingerprint density at radius 3 is 2.70 bits per heavy atom. The van der Waals surface area contributed by atoms with Gasteiger partial charge in [0.25, 0.3) is 5.91 Å². The van der Waals surface area contributed by atoms with E-state index in [2.05, 4.69) is 31.8 Å². The fourth-order valence-corrected chi connectivity index (χ4v) is 3.11. The maximum atomic E-state index is 11.5. The summed E-state index contributed by atoms with van der Waals surface area (Å²) in [6, 6.07) is 3.63. The Labute approximate surface area is 142 Å². The average Bonchev–Trinajstić information content (AvgIpc) is 3.06. The number of nitrogens with one attached hydrogen (secondary N) is 2. The van der Waals surface area contributed by atoms with E-state index in [4.69, 9.17) is 5.21 Å². The maximum absolute atomic E-state index is 11.5. The van der Waals surface area contributed by atoms with Crippen molar-refractivity contribution in [3.8, 4) is 0 Å². The molecule has 0 aliphatic rings. The smallest absolute Gasteiger partial charge is 0.284 e. The fourth-order valence-electron chi connectivity index (χ4n) is 2.18. The third kappa shape index (κ3) is 6.52. The number of carbonyl (C=O) groups is 1. The first-order valence-corrected chi connectivity index (χ1v) is 8.72. The van der Waals surface area contributed by atoms with Crippen molar-refractivity contribution in [2.75, 3.05) is 13.1 Å². The molecule has 1 heterocycles. The molecule has 5 heteroatoms. The normalized spacial score (nSPS) is 12.3. The largest absolute Gasteiger partial charge is 0.317 e. The molecular weight excluding hydrogens is 308 g/mol. The number of hydroxylamine groups is 1. The van der Waals surface area contributed by atoms with Crippen molar-refractivity contribution in [2.24, 2.45) is 0 Å². The van der Waals surface area contributed by atoms with Crippen LogP contribution in [0.25, 0.3) is 5.57 Å². The molecular formula is C18H26N2O2S. The first-order chi connectivity index (χ1) is 11.2. The maximum Gasteiger partial charge on any atom is 0.284 e. The minimum atomic E-state index is -0.477. The van der Waals surface area contributed by atoms with Gasteiger partial charge in [-0.1, -0.05) is 44.2 Å². The molecule has 0 aliphatic heterocycles. The van der Waals surface area contributed by atoms with Gasteiger partial charge in [-0.3, -0.25) is 10.0 Å². The Kier molecular flexibility index (Phi) is 9.21. The minimum absolute atomic E-state index is 0.477. The number of allylic oxidation sites excluding steroid dienone is 4. The molecule has 0 bridgehead atoms. The lowest BCUT2D eigenvalue weighted by atomic mass is 10.0. The molecule has 0 spiro atoms. The van der Waals surface area contributed by atoms with Gasteiger partial charge < -0.3 is 5.32 Å². The van der Waals surface area contributed by atoms with Crippen LogP contribution in [0.5, 0.6) is 0 Å². The van der Waals surface area contributed by atoms with E-state index in [0.717, 1.165) is 42.8 Å². The highest BCUT2D eigenvalue weighted by molar-refractivity contribution is 7.15. The molecule has 23 heavy (non-hydrogen) atoms. The van der Waals surface area contributed by atoms with Crippen LogP contribution in [0.15, 0.2) is 42.5 Å². The molecule has 0 aliphatic carbocycles. The molecule has 3 N–H and O–H groups in total. The summed E-state index contributed by atoms with van der Waals surface area (Å²) in [5.74, 6) is -0.477. The Bertz CT molecular complexity index is 573. The van der Waals surface area contributed by atoms with Gasteiger partial charge in [-0.25, -0.2) is 5.48 Å². The van der Waals surface area contributed by atoms with Gasteiger partial charge in [-0.05, 0) is 50.1 Å². The second-order valence-electron chi connectivity index (χ2n) is 5.06. The number of thiophene rings is 1. The van der Waals surface area contributed by atoms with E-state index in [1.807, 2.05) is 12.1 Å². The highest BCUT2D eigenvalue weighted by atomic mass is 32.1. The Balaban J connectivity index is 2.82. The monoisotopic (exact) mass is 334 g/mol. The van der Waals surface area contributed by atoms with E-state index in [1.54, 1.807) is 17.6 Å². The van der Waals surface area contributed by atoms with Gasteiger partial charge in [0.2, 0.25) is 0 Å². The zero-order chi connectivity index (χ0) is 17.1. The predicted molar refractivity (Wildman–Crippen MR) is 97.9 cm³/mol. The number of rotatable bonds is 10. The fraction of sp³-hybridized carbons (Fsp3) is 0.389. The van der Waals surface area contributed by atoms with Crippen LogP contribution in [0, 0.1) is 0 Å². The highest BCUT2D eigenvalue weighted by Crippen LogP contribution is 2.28. The molecule has 0 radical (unpaired) electrons. The van der Waals surface area contributed by atoms with E-state index in [-0.39, 0.29) is 0 Å². The van der Waals surface area contributed by atoms with E-state index in [9.17, 15) is 4.79 Å². The van der Waals surface area contributed by atoms with Gasteiger partial charge in [0, 0.05) is 4.88 Å². The van der Waals surface area contributed by atoms with Crippen LogP contribution in [-0.2, 0) is 0 Å². The van der Waals surface area contributed by atoms with Crippen molar-refractivity contribution in [3.05, 3.63) is 52.3 Å². The van der Waals surface area contributed by atoms with Crippen molar-refractivity contribution in [3.63, 3.8) is 0 Å². The number of hydrogen-bond donors (Lipinski definition) is 3. The Morgan fingerprint density at radius 1 is 1.35 bits per heavy atom. The van der Waals surface area contributed by atoms with Crippen LogP contribution < -0.4 is 10.8 Å². The van der Waals surface area contributed by atoms with Crippen LogP contribution in [0.4, 0.5) is 0 Å². The molecule has 1 aromatic heterocycles. The zero-order valence-electron chi connectivity index (χ0n) is 13.9. The third-order valence-electron chi connectivity index (χ3n) is 3.50. The zero-order valence-corrected chi connectivity index (χ0v) is 14.7. The van der Waals surface area contributed by atoms with Crippen LogP contribution >= 0.6 is 11.3 Å². The van der Waals surface area contributed by atoms with E-state index in [0.29, 0.717) is 4.88 Å². The van der Waals surface area contributed by atoms with Crippen LogP contribution in [0.1, 0.15) is 47.7 Å². The van der Waals surface area contributed by atoms with Crippen molar-refractivity contribution >= 4 is 22.8 Å². The van der Waals surface area contributed by atoms with Gasteiger partial charge in [0.05, 0.1) is 4.88 Å². The quantitative estimate of drug-likeness (QED) is 0.198. The summed E-state index contributed by atoms with van der Waals surface area (Å²) in [6.07, 6.45) is 8.89. The molecule has 1 rings (SSSR count). The van der Waals surface area contributed by atoms with Gasteiger partial charge in [0.1, 0.15) is 0 Å². The lowest BCUT2D eigenvalue weighted by molar-refractivity contribution is 0.0711. The molecule has 0 aromatic carbocycles. The molecule has 0 fully saturated rings. The molecule has 1 amide bonds. The molecule has 126 valence electrons. The lowest BCUT2D eigenvalue weighted by Gasteiger charge is -2.07. The van der Waals surface area contributed by atoms with E-state index >= 15 is 0 Å². The molecule has 1 aromatic rings. The SMILES string of the molecule is C=C/C=C(\C/C=C(\CC)CCNCC)c1ccc(C(=O)NO)s1. The van der Waals surface area contributed by atoms with Crippen LogP contribution in [-0.4, -0.2) is 24.2 Å². The number of amides is 1. The second kappa shape index (κ2) is 10.9.